The molecule has 6 rings (SSSR count). The van der Waals surface area contributed by atoms with Gasteiger partial charge < -0.3 is 10.6 Å². The molecule has 1 saturated carbocycles. The summed E-state index contributed by atoms with van der Waals surface area (Å²) in [6, 6.07) is 3.47. The van der Waals surface area contributed by atoms with Gasteiger partial charge in [-0.05, 0) is 93.0 Å². The molecule has 2 N–H and O–H groups in total. The number of rotatable bonds is 6. The lowest BCUT2D eigenvalue weighted by molar-refractivity contribution is 0.0500. The number of halogens is 2. The van der Waals surface area contributed by atoms with Gasteiger partial charge in [0.15, 0.2) is 11.6 Å². The normalized spacial score (nSPS) is 23.2. The van der Waals surface area contributed by atoms with Crippen molar-refractivity contribution in [1.29, 1.82) is 0 Å². The molecule has 0 unspecified atom stereocenters. The van der Waals surface area contributed by atoms with E-state index in [1.807, 2.05) is 0 Å². The largest absolute Gasteiger partial charge is 0.368 e. The Morgan fingerprint density at radius 2 is 1.92 bits per heavy atom. The van der Waals surface area contributed by atoms with Crippen LogP contribution in [-0.4, -0.2) is 58.8 Å². The molecule has 37 heavy (non-hydrogen) atoms. The third-order valence-electron chi connectivity index (χ3n) is 7.87. The first kappa shape index (κ1) is 24.0. The van der Waals surface area contributed by atoms with Crippen molar-refractivity contribution in [3.63, 3.8) is 0 Å². The highest BCUT2D eigenvalue weighted by molar-refractivity contribution is 5.62. The first-order valence-corrected chi connectivity index (χ1v) is 12.9. The summed E-state index contributed by atoms with van der Waals surface area (Å²) in [7, 11) is 1.50. The van der Waals surface area contributed by atoms with Gasteiger partial charge in [-0.3, -0.25) is 4.90 Å². The van der Waals surface area contributed by atoms with Crippen LogP contribution in [0.2, 0.25) is 0 Å². The predicted octanol–water partition coefficient (Wildman–Crippen LogP) is 3.47. The van der Waals surface area contributed by atoms with E-state index in [-0.39, 0.29) is 35.0 Å². The van der Waals surface area contributed by atoms with E-state index in [1.54, 1.807) is 0 Å². The van der Waals surface area contributed by atoms with Gasteiger partial charge in [0.25, 0.3) is 0 Å². The zero-order valence-electron chi connectivity index (χ0n) is 21.2. The van der Waals surface area contributed by atoms with E-state index >= 15 is 4.39 Å². The highest BCUT2D eigenvalue weighted by Gasteiger charge is 2.43. The van der Waals surface area contributed by atoms with Crippen molar-refractivity contribution in [3.05, 3.63) is 46.0 Å². The third kappa shape index (κ3) is 4.47. The van der Waals surface area contributed by atoms with Crippen molar-refractivity contribution in [2.24, 2.45) is 7.05 Å². The monoisotopic (exact) mass is 511 g/mol. The first-order chi connectivity index (χ1) is 17.7. The van der Waals surface area contributed by atoms with Crippen LogP contribution in [0.1, 0.15) is 63.9 Å². The topological polar surface area (TPSA) is 106 Å². The molecule has 1 aliphatic carbocycles. The fourth-order valence-corrected chi connectivity index (χ4v) is 6.00. The summed E-state index contributed by atoms with van der Waals surface area (Å²) in [5, 5.41) is 13.9. The van der Waals surface area contributed by atoms with Gasteiger partial charge >= 0.3 is 5.69 Å². The number of nitrogens with zero attached hydrogens (tertiary/aromatic N) is 7. The summed E-state index contributed by atoms with van der Waals surface area (Å²) >= 11 is 0. The zero-order valence-corrected chi connectivity index (χ0v) is 21.2. The summed E-state index contributed by atoms with van der Waals surface area (Å²) in [6.07, 6.45) is 7.03. The lowest BCUT2D eigenvalue weighted by Crippen LogP contribution is -2.55. The Balaban J connectivity index is 1.27. The Kier molecular flexibility index (Phi) is 5.74. The average Bonchev–Trinajstić information content (AvgIpc) is 3.49. The smallest absolute Gasteiger partial charge is 0.365 e. The predicted molar refractivity (Wildman–Crippen MR) is 134 cm³/mol. The number of aromatic nitrogens is 6. The molecule has 2 aromatic heterocycles. The molecule has 3 aliphatic rings. The van der Waals surface area contributed by atoms with Gasteiger partial charge in [0, 0.05) is 24.7 Å². The molecular formula is C25H31F2N9O. The minimum Gasteiger partial charge on any atom is -0.365 e. The molecule has 196 valence electrons. The zero-order chi connectivity index (χ0) is 25.9. The molecule has 0 spiro atoms. The number of benzene rings is 1. The van der Waals surface area contributed by atoms with Gasteiger partial charge in [0.2, 0.25) is 5.95 Å². The number of piperidine rings is 1. The molecule has 2 saturated heterocycles. The minimum absolute atomic E-state index is 0.0168. The molecule has 3 fully saturated rings. The van der Waals surface area contributed by atoms with E-state index in [2.05, 4.69) is 49.8 Å². The van der Waals surface area contributed by atoms with E-state index in [1.165, 1.54) is 25.6 Å². The Hall–Kier alpha value is -3.41. The molecule has 0 bridgehead atoms. The standard InChI is InChI=1S/C25H31F2N9O/c1-25(2)12-15(9-16-5-4-8-35(16)25)29-22-19(27)13-28-23(31-22)30-20-11-21(36-24(37)34(3)32-33-36)17(10-18(20)26)14-6-7-14/h10-11,13-16H,4-9,12H2,1-3H3,(H2,28,29,30,31)/t15-,16+/m0/s1. The second-order valence-corrected chi connectivity index (χ2v) is 11.1. The number of tetrazole rings is 1. The van der Waals surface area contributed by atoms with Crippen LogP contribution in [0.4, 0.5) is 26.2 Å². The highest BCUT2D eigenvalue weighted by atomic mass is 19.1. The number of hydrogen-bond donors (Lipinski definition) is 2. The molecule has 12 heteroatoms. The van der Waals surface area contributed by atoms with Gasteiger partial charge in [-0.2, -0.15) is 14.3 Å². The lowest BCUT2D eigenvalue weighted by atomic mass is 9.84. The van der Waals surface area contributed by atoms with Gasteiger partial charge in [-0.25, -0.2) is 18.6 Å². The molecule has 4 heterocycles. The van der Waals surface area contributed by atoms with Crippen LogP contribution in [0.15, 0.2) is 23.1 Å². The van der Waals surface area contributed by atoms with Crippen molar-refractivity contribution in [2.45, 2.75) is 75.9 Å². The molecule has 0 radical (unpaired) electrons. The van der Waals surface area contributed by atoms with Crippen LogP contribution in [-0.2, 0) is 7.05 Å². The number of nitrogens with one attached hydrogen (secondary N) is 2. The van der Waals surface area contributed by atoms with E-state index in [0.29, 0.717) is 17.3 Å². The number of aryl methyl sites for hydroxylation is 1. The Labute approximate surface area is 213 Å². The summed E-state index contributed by atoms with van der Waals surface area (Å²) in [6.45, 7) is 5.57. The maximum Gasteiger partial charge on any atom is 0.368 e. The number of anilines is 3. The molecule has 3 aromatic rings. The summed E-state index contributed by atoms with van der Waals surface area (Å²) < 4.78 is 32.2. The van der Waals surface area contributed by atoms with Gasteiger partial charge in [-0.15, -0.1) is 0 Å². The number of hydrogen-bond acceptors (Lipinski definition) is 8. The van der Waals surface area contributed by atoms with Crippen LogP contribution in [0, 0.1) is 11.6 Å². The van der Waals surface area contributed by atoms with E-state index in [0.717, 1.165) is 54.2 Å². The Morgan fingerprint density at radius 3 is 2.65 bits per heavy atom. The van der Waals surface area contributed by atoms with Crippen LogP contribution < -0.4 is 16.3 Å². The van der Waals surface area contributed by atoms with Crippen molar-refractivity contribution < 1.29 is 8.78 Å². The van der Waals surface area contributed by atoms with Crippen molar-refractivity contribution in [1.82, 2.24) is 34.7 Å². The maximum atomic E-state index is 15.1. The summed E-state index contributed by atoms with van der Waals surface area (Å²) in [4.78, 5) is 23.4. The third-order valence-corrected chi connectivity index (χ3v) is 7.87. The molecule has 1 aromatic carbocycles. The second-order valence-electron chi connectivity index (χ2n) is 11.1. The Morgan fingerprint density at radius 1 is 1.11 bits per heavy atom. The van der Waals surface area contributed by atoms with Crippen LogP contribution in [0.5, 0.6) is 0 Å². The van der Waals surface area contributed by atoms with Crippen molar-refractivity contribution >= 4 is 17.5 Å². The summed E-state index contributed by atoms with van der Waals surface area (Å²) in [5.41, 5.74) is 0.808. The molecular weight excluding hydrogens is 480 g/mol. The van der Waals surface area contributed by atoms with E-state index in [9.17, 15) is 9.18 Å². The average molecular weight is 512 g/mol. The SMILES string of the molecule is Cn1nnn(-c2cc(Nc3ncc(F)c(N[C@H]4C[C@H]5CCCN5C(C)(C)C4)n3)c(F)cc2C2CC2)c1=O. The van der Waals surface area contributed by atoms with E-state index < -0.39 is 17.3 Å². The van der Waals surface area contributed by atoms with Crippen LogP contribution in [0.3, 0.4) is 0 Å². The second kappa shape index (κ2) is 8.86. The van der Waals surface area contributed by atoms with E-state index in [4.69, 9.17) is 0 Å². The van der Waals surface area contributed by atoms with Gasteiger partial charge in [0.1, 0.15) is 5.82 Å². The fourth-order valence-electron chi connectivity index (χ4n) is 6.00. The molecule has 2 aliphatic heterocycles. The minimum atomic E-state index is -0.562. The maximum absolute atomic E-state index is 15.1. The van der Waals surface area contributed by atoms with Gasteiger partial charge in [-0.1, -0.05) is 0 Å². The molecule has 10 nitrogen and oxygen atoms in total. The molecule has 0 amide bonds. The van der Waals surface area contributed by atoms with Crippen LogP contribution in [0.25, 0.3) is 5.69 Å². The fraction of sp³-hybridized carbons (Fsp3) is 0.560. The van der Waals surface area contributed by atoms with Crippen molar-refractivity contribution in [3.8, 4) is 5.69 Å². The Bertz CT molecular complexity index is 1400. The first-order valence-electron chi connectivity index (χ1n) is 12.9. The molecule has 2 atom stereocenters. The lowest BCUT2D eigenvalue weighted by Gasteiger charge is -2.47. The van der Waals surface area contributed by atoms with Gasteiger partial charge in [0.05, 0.1) is 17.6 Å². The van der Waals surface area contributed by atoms with Crippen molar-refractivity contribution in [2.75, 3.05) is 17.2 Å². The quantitative estimate of drug-likeness (QED) is 0.518. The van der Waals surface area contributed by atoms with Crippen LogP contribution >= 0.6 is 0 Å². The summed E-state index contributed by atoms with van der Waals surface area (Å²) in [5.74, 6) is -0.767. The highest BCUT2D eigenvalue weighted by Crippen LogP contribution is 2.44. The number of fused-ring (bicyclic) bond motifs is 1.